The number of esters is 1. The molecular weight excluding hydrogens is 380 g/mol. The van der Waals surface area contributed by atoms with Gasteiger partial charge in [-0.1, -0.05) is 30.3 Å². The second kappa shape index (κ2) is 11.2. The third-order valence-corrected chi connectivity index (χ3v) is 4.75. The van der Waals surface area contributed by atoms with Crippen LogP contribution in [-0.2, 0) is 30.5 Å². The summed E-state index contributed by atoms with van der Waals surface area (Å²) >= 11 is 0. The van der Waals surface area contributed by atoms with Crippen LogP contribution in [0.5, 0.6) is 0 Å². The quantitative estimate of drug-likeness (QED) is 0.541. The minimum atomic E-state index is -1.32. The zero-order valence-corrected chi connectivity index (χ0v) is 16.3. The first-order valence-electron chi connectivity index (χ1n) is 9.42. The number of benzene rings is 1. The van der Waals surface area contributed by atoms with Crippen LogP contribution in [0.4, 0.5) is 4.79 Å². The van der Waals surface area contributed by atoms with Crippen LogP contribution in [0.15, 0.2) is 30.3 Å². The maximum atomic E-state index is 12.5. The summed E-state index contributed by atoms with van der Waals surface area (Å²) in [6.07, 6.45) is 0.941. The van der Waals surface area contributed by atoms with E-state index in [0.717, 1.165) is 5.56 Å². The van der Waals surface area contributed by atoms with E-state index in [1.54, 1.807) is 24.3 Å². The maximum Gasteiger partial charge on any atom is 0.408 e. The standard InChI is InChI=1S/C20H26N2O7/c1-28-19(26)17(14-8-5-9-15(24)10-14)22-18(25)16(11-23)21-20(27)29-12-13-6-3-2-4-7-13/h2-4,6-7,14,16-17,23H,5,8-12H2,1H3,(H,21,27)(H,22,25)/t14-,16-,17-/m0/s1. The molecule has 0 unspecified atom stereocenters. The lowest BCUT2D eigenvalue weighted by molar-refractivity contribution is -0.147. The fourth-order valence-corrected chi connectivity index (χ4v) is 3.19. The van der Waals surface area contributed by atoms with E-state index in [1.807, 2.05) is 6.07 Å². The first-order chi connectivity index (χ1) is 13.9. The van der Waals surface area contributed by atoms with Crippen LogP contribution in [0.25, 0.3) is 0 Å². The molecule has 3 N–H and O–H groups in total. The Morgan fingerprint density at radius 1 is 1.21 bits per heavy atom. The Labute approximate surface area is 168 Å². The fourth-order valence-electron chi connectivity index (χ4n) is 3.19. The van der Waals surface area contributed by atoms with Crippen molar-refractivity contribution in [3.63, 3.8) is 0 Å². The summed E-state index contributed by atoms with van der Waals surface area (Å²) in [5.74, 6) is -1.82. The topological polar surface area (TPSA) is 131 Å². The van der Waals surface area contributed by atoms with E-state index < -0.39 is 42.6 Å². The summed E-state index contributed by atoms with van der Waals surface area (Å²) in [6.45, 7) is -0.689. The van der Waals surface area contributed by atoms with E-state index >= 15 is 0 Å². The zero-order valence-electron chi connectivity index (χ0n) is 16.3. The smallest absolute Gasteiger partial charge is 0.408 e. The third-order valence-electron chi connectivity index (χ3n) is 4.75. The number of carbonyl (C=O) groups excluding carboxylic acids is 4. The molecule has 1 aliphatic carbocycles. The van der Waals surface area contributed by atoms with Gasteiger partial charge in [0.25, 0.3) is 0 Å². The molecule has 0 bridgehead atoms. The molecule has 0 aliphatic heterocycles. The second-order valence-electron chi connectivity index (χ2n) is 6.85. The molecule has 3 atom stereocenters. The SMILES string of the molecule is COC(=O)[C@@H](NC(=O)[C@H](CO)NC(=O)OCc1ccccc1)[C@H]1CCCC(=O)C1. The van der Waals surface area contributed by atoms with Crippen LogP contribution >= 0.6 is 0 Å². The second-order valence-corrected chi connectivity index (χ2v) is 6.85. The number of aliphatic hydroxyl groups is 1. The zero-order chi connectivity index (χ0) is 21.2. The van der Waals surface area contributed by atoms with Crippen molar-refractivity contribution < 1.29 is 33.8 Å². The minimum Gasteiger partial charge on any atom is -0.467 e. The number of hydrogen-bond acceptors (Lipinski definition) is 7. The van der Waals surface area contributed by atoms with Crippen molar-refractivity contribution in [1.82, 2.24) is 10.6 Å². The van der Waals surface area contributed by atoms with Gasteiger partial charge in [0.1, 0.15) is 24.5 Å². The predicted octanol–water partition coefficient (Wildman–Crippen LogP) is 0.691. The molecule has 1 saturated carbocycles. The van der Waals surface area contributed by atoms with Crippen LogP contribution in [0.1, 0.15) is 31.2 Å². The molecule has 2 amide bonds. The van der Waals surface area contributed by atoms with Crippen molar-refractivity contribution in [2.45, 2.75) is 44.4 Å². The number of amides is 2. The summed E-state index contributed by atoms with van der Waals surface area (Å²) in [5, 5.41) is 14.3. The van der Waals surface area contributed by atoms with Gasteiger partial charge in [-0.15, -0.1) is 0 Å². The van der Waals surface area contributed by atoms with Crippen LogP contribution in [0.2, 0.25) is 0 Å². The van der Waals surface area contributed by atoms with Gasteiger partial charge >= 0.3 is 12.1 Å². The number of methoxy groups -OCH3 is 1. The van der Waals surface area contributed by atoms with Gasteiger partial charge in [-0.2, -0.15) is 0 Å². The molecule has 1 aliphatic rings. The van der Waals surface area contributed by atoms with Crippen molar-refractivity contribution in [2.75, 3.05) is 13.7 Å². The Morgan fingerprint density at radius 2 is 1.93 bits per heavy atom. The van der Waals surface area contributed by atoms with Crippen LogP contribution < -0.4 is 10.6 Å². The number of alkyl carbamates (subject to hydrolysis) is 1. The summed E-state index contributed by atoms with van der Waals surface area (Å²) < 4.78 is 9.78. The van der Waals surface area contributed by atoms with E-state index in [4.69, 9.17) is 9.47 Å². The van der Waals surface area contributed by atoms with E-state index in [-0.39, 0.29) is 18.8 Å². The van der Waals surface area contributed by atoms with Gasteiger partial charge in [0.2, 0.25) is 5.91 Å². The number of rotatable bonds is 8. The molecule has 1 aromatic carbocycles. The van der Waals surface area contributed by atoms with Crippen molar-refractivity contribution in [2.24, 2.45) is 5.92 Å². The van der Waals surface area contributed by atoms with Gasteiger partial charge in [0, 0.05) is 12.8 Å². The summed E-state index contributed by atoms with van der Waals surface area (Å²) in [7, 11) is 1.19. The summed E-state index contributed by atoms with van der Waals surface area (Å²) in [6, 6.07) is 6.62. The van der Waals surface area contributed by atoms with E-state index in [9.17, 15) is 24.3 Å². The highest BCUT2D eigenvalue weighted by atomic mass is 16.5. The van der Waals surface area contributed by atoms with Gasteiger partial charge in [-0.05, 0) is 24.3 Å². The molecule has 1 fully saturated rings. The Bertz CT molecular complexity index is 723. The van der Waals surface area contributed by atoms with Crippen molar-refractivity contribution in [3.05, 3.63) is 35.9 Å². The number of ether oxygens (including phenoxy) is 2. The monoisotopic (exact) mass is 406 g/mol. The normalized spacial score (nSPS) is 18.3. The Balaban J connectivity index is 1.94. The Morgan fingerprint density at radius 3 is 2.55 bits per heavy atom. The molecule has 0 radical (unpaired) electrons. The molecule has 0 heterocycles. The molecular formula is C20H26N2O7. The molecule has 1 aromatic rings. The summed E-state index contributed by atoms with van der Waals surface area (Å²) in [5.41, 5.74) is 0.764. The lowest BCUT2D eigenvalue weighted by Crippen LogP contribution is -2.55. The van der Waals surface area contributed by atoms with Crippen molar-refractivity contribution in [1.29, 1.82) is 0 Å². The lowest BCUT2D eigenvalue weighted by Gasteiger charge is -2.29. The first-order valence-corrected chi connectivity index (χ1v) is 9.42. The molecule has 9 heteroatoms. The van der Waals surface area contributed by atoms with E-state index in [1.165, 1.54) is 7.11 Å². The molecule has 2 rings (SSSR count). The number of hydrogen-bond donors (Lipinski definition) is 3. The molecule has 158 valence electrons. The number of ketones is 1. The molecule has 29 heavy (non-hydrogen) atoms. The number of Topliss-reactive ketones (excluding diaryl/α,β-unsaturated/α-hetero) is 1. The first kappa shape index (κ1) is 22.4. The fraction of sp³-hybridized carbons (Fsp3) is 0.500. The van der Waals surface area contributed by atoms with Gasteiger partial charge in [-0.3, -0.25) is 9.59 Å². The summed E-state index contributed by atoms with van der Waals surface area (Å²) in [4.78, 5) is 48.3. The highest BCUT2D eigenvalue weighted by molar-refractivity contribution is 5.90. The molecule has 0 saturated heterocycles. The minimum absolute atomic E-state index is 0.00140. The Hall–Kier alpha value is -2.94. The van der Waals surface area contributed by atoms with Crippen molar-refractivity contribution in [3.8, 4) is 0 Å². The van der Waals surface area contributed by atoms with E-state index in [0.29, 0.717) is 19.3 Å². The average molecular weight is 406 g/mol. The van der Waals surface area contributed by atoms with Gasteiger partial charge in [-0.25, -0.2) is 9.59 Å². The number of nitrogens with one attached hydrogen (secondary N) is 2. The van der Waals surface area contributed by atoms with Gasteiger partial charge < -0.3 is 25.2 Å². The highest BCUT2D eigenvalue weighted by Crippen LogP contribution is 2.25. The predicted molar refractivity (Wildman–Crippen MR) is 102 cm³/mol. The van der Waals surface area contributed by atoms with Crippen LogP contribution in [0, 0.1) is 5.92 Å². The number of aliphatic hydroxyl groups excluding tert-OH is 1. The van der Waals surface area contributed by atoms with E-state index in [2.05, 4.69) is 10.6 Å². The highest BCUT2D eigenvalue weighted by Gasteiger charge is 2.35. The largest absolute Gasteiger partial charge is 0.467 e. The van der Waals surface area contributed by atoms with Gasteiger partial charge in [0.05, 0.1) is 13.7 Å². The Kier molecular flexibility index (Phi) is 8.60. The van der Waals surface area contributed by atoms with Crippen LogP contribution in [-0.4, -0.2) is 54.7 Å². The van der Waals surface area contributed by atoms with Gasteiger partial charge in [0.15, 0.2) is 0 Å². The maximum absolute atomic E-state index is 12.5. The van der Waals surface area contributed by atoms with Crippen LogP contribution in [0.3, 0.4) is 0 Å². The molecule has 0 aromatic heterocycles. The third kappa shape index (κ3) is 6.86. The lowest BCUT2D eigenvalue weighted by atomic mass is 9.83. The molecule has 0 spiro atoms. The number of carbonyl (C=O) groups is 4. The van der Waals surface area contributed by atoms with Crippen molar-refractivity contribution >= 4 is 23.8 Å². The molecule has 9 nitrogen and oxygen atoms in total. The average Bonchev–Trinajstić information content (AvgIpc) is 2.74.